The molecule has 4 N–H and O–H groups in total. The third-order valence-electron chi connectivity index (χ3n) is 10.7. The van der Waals surface area contributed by atoms with E-state index < -0.39 is 49.4 Å². The lowest BCUT2D eigenvalue weighted by atomic mass is 9.79. The molecule has 0 aliphatic heterocycles. The highest BCUT2D eigenvalue weighted by Crippen LogP contribution is 2.40. The van der Waals surface area contributed by atoms with Crippen LogP contribution in [0.3, 0.4) is 0 Å². The first kappa shape index (κ1) is 44.4. The number of carbonyl (C=O) groups excluding carboxylic acids is 1. The van der Waals surface area contributed by atoms with Crippen molar-refractivity contribution in [1.29, 1.82) is 0 Å². The average molecular weight is 920 g/mol. The predicted octanol–water partition coefficient (Wildman–Crippen LogP) is 8.49. The number of alkyl halides is 2. The van der Waals surface area contributed by atoms with Gasteiger partial charge < -0.3 is 10.5 Å². The minimum atomic E-state index is -4.30. The monoisotopic (exact) mass is 919 g/mol. The van der Waals surface area contributed by atoms with Crippen molar-refractivity contribution in [2.75, 3.05) is 9.44 Å². The Kier molecular flexibility index (Phi) is 11.6. The first-order chi connectivity index (χ1) is 30.8. The topological polar surface area (TPSA) is 206 Å². The molecule has 0 spiro atoms. The number of benzene rings is 4. The number of carbonyl (C=O) groups is 1. The molecule has 0 aliphatic rings. The largest absolute Gasteiger partial charge is 0.491 e. The molecule has 0 atom stereocenters. The minimum absolute atomic E-state index is 0.0526. The molecule has 0 saturated heterocycles. The number of pyridine rings is 2. The number of nitrogens with two attached hydrogens (primary N) is 1. The van der Waals surface area contributed by atoms with Crippen molar-refractivity contribution in [2.24, 2.45) is 5.73 Å². The number of nitrogens with one attached hydrogen (secondary N) is 2. The standard InChI is InChI=1S/C46H43F2N9O6S2/c1-29(2)63-31-17-21-33(22-18-31)65(61,62)55-43-28-41(53-57(43)40-14-6-12-37-35(40)10-8-26-51-37)46(47,48)24-23-45(3,4)30-15-19-32(20-16-30)64(59,60)54-42-27-38(44(49)58)52-56(42)39-13-5-11-36-34(39)9-7-25-50-36/h5-22,25-29,54-55H,23-24H2,1-4H3,(H2,49,58). The fraction of sp³-hybridized carbons (Fsp3) is 0.196. The van der Waals surface area contributed by atoms with E-state index in [1.54, 1.807) is 99.0 Å². The average Bonchev–Trinajstić information content (AvgIpc) is 3.90. The summed E-state index contributed by atoms with van der Waals surface area (Å²) in [6.07, 6.45) is 2.28. The fourth-order valence-corrected chi connectivity index (χ4v) is 9.37. The summed E-state index contributed by atoms with van der Waals surface area (Å²) < 4.78 is 101. The van der Waals surface area contributed by atoms with Gasteiger partial charge in [-0.05, 0) is 116 Å². The third-order valence-corrected chi connectivity index (χ3v) is 13.5. The zero-order chi connectivity index (χ0) is 46.3. The lowest BCUT2D eigenvalue weighted by Gasteiger charge is -2.27. The molecule has 8 aromatic rings. The van der Waals surface area contributed by atoms with Gasteiger partial charge in [0.1, 0.15) is 23.1 Å². The summed E-state index contributed by atoms with van der Waals surface area (Å²) in [5, 5.41) is 9.77. The second-order valence-electron chi connectivity index (χ2n) is 16.2. The lowest BCUT2D eigenvalue weighted by Crippen LogP contribution is -2.23. The number of halogens is 2. The fourth-order valence-electron chi connectivity index (χ4n) is 7.31. The van der Waals surface area contributed by atoms with Crippen LogP contribution in [0, 0.1) is 0 Å². The maximum absolute atomic E-state index is 16.4. The minimum Gasteiger partial charge on any atom is -0.491 e. The van der Waals surface area contributed by atoms with E-state index in [9.17, 15) is 21.6 Å². The summed E-state index contributed by atoms with van der Waals surface area (Å²) in [4.78, 5) is 20.6. The van der Waals surface area contributed by atoms with Crippen LogP contribution >= 0.6 is 0 Å². The number of primary amides is 1. The molecule has 0 bridgehead atoms. The van der Waals surface area contributed by atoms with Gasteiger partial charge in [0.25, 0.3) is 31.9 Å². The highest BCUT2D eigenvalue weighted by Gasteiger charge is 2.38. The molecule has 1 amide bonds. The van der Waals surface area contributed by atoms with E-state index in [2.05, 4.69) is 29.6 Å². The van der Waals surface area contributed by atoms with Crippen molar-refractivity contribution in [3.05, 3.63) is 151 Å². The van der Waals surface area contributed by atoms with Gasteiger partial charge in [0, 0.05) is 41.7 Å². The summed E-state index contributed by atoms with van der Waals surface area (Å²) >= 11 is 0. The molecule has 0 aliphatic carbocycles. The van der Waals surface area contributed by atoms with Gasteiger partial charge in [-0.1, -0.05) is 38.1 Å². The van der Waals surface area contributed by atoms with Crippen LogP contribution in [0.1, 0.15) is 62.3 Å². The predicted molar refractivity (Wildman–Crippen MR) is 243 cm³/mol. The van der Waals surface area contributed by atoms with Crippen LogP contribution in [0.5, 0.6) is 5.75 Å². The smallest absolute Gasteiger partial charge is 0.291 e. The Hall–Kier alpha value is -7.25. The highest BCUT2D eigenvalue weighted by atomic mass is 32.2. The van der Waals surface area contributed by atoms with Gasteiger partial charge >= 0.3 is 0 Å². The molecule has 8 rings (SSSR count). The number of amides is 1. The number of nitrogens with zero attached hydrogens (tertiary/aromatic N) is 6. The lowest BCUT2D eigenvalue weighted by molar-refractivity contribution is -0.0244. The summed E-state index contributed by atoms with van der Waals surface area (Å²) in [7, 11) is -8.59. The number of aromatic nitrogens is 6. The van der Waals surface area contributed by atoms with Crippen LogP contribution in [0.25, 0.3) is 33.2 Å². The van der Waals surface area contributed by atoms with Gasteiger partial charge in [0.15, 0.2) is 5.69 Å². The van der Waals surface area contributed by atoms with E-state index >= 15 is 8.78 Å². The maximum atomic E-state index is 16.4. The number of rotatable bonds is 16. The molecular weight excluding hydrogens is 877 g/mol. The first-order valence-electron chi connectivity index (χ1n) is 20.3. The van der Waals surface area contributed by atoms with Crippen LogP contribution in [0.2, 0.25) is 0 Å². The molecule has 65 heavy (non-hydrogen) atoms. The van der Waals surface area contributed by atoms with Crippen molar-refractivity contribution < 1.29 is 35.1 Å². The zero-order valence-corrected chi connectivity index (χ0v) is 37.1. The molecule has 0 radical (unpaired) electrons. The Labute approximate surface area is 373 Å². The van der Waals surface area contributed by atoms with E-state index in [0.29, 0.717) is 44.5 Å². The van der Waals surface area contributed by atoms with Crippen LogP contribution < -0.4 is 19.9 Å². The van der Waals surface area contributed by atoms with Crippen LogP contribution in [-0.4, -0.2) is 58.4 Å². The van der Waals surface area contributed by atoms with E-state index in [1.165, 1.54) is 47.1 Å². The highest BCUT2D eigenvalue weighted by molar-refractivity contribution is 7.93. The molecule has 4 aromatic heterocycles. The van der Waals surface area contributed by atoms with Crippen molar-refractivity contribution in [3.63, 3.8) is 0 Å². The Balaban J connectivity index is 1.04. The molecule has 15 nitrogen and oxygen atoms in total. The number of hydrogen-bond acceptors (Lipinski definition) is 10. The quantitative estimate of drug-likeness (QED) is 0.0843. The van der Waals surface area contributed by atoms with Crippen molar-refractivity contribution in [2.45, 2.75) is 67.8 Å². The van der Waals surface area contributed by atoms with Gasteiger partial charge in [-0.25, -0.2) is 26.2 Å². The molecule has 4 heterocycles. The first-order valence-corrected chi connectivity index (χ1v) is 23.3. The molecule has 334 valence electrons. The van der Waals surface area contributed by atoms with E-state index in [1.807, 2.05) is 13.8 Å². The van der Waals surface area contributed by atoms with E-state index in [4.69, 9.17) is 10.5 Å². The molecular formula is C46H43F2N9O6S2. The van der Waals surface area contributed by atoms with Crippen molar-refractivity contribution in [1.82, 2.24) is 29.5 Å². The van der Waals surface area contributed by atoms with Gasteiger partial charge in [0.2, 0.25) is 0 Å². The van der Waals surface area contributed by atoms with Crippen molar-refractivity contribution >= 4 is 59.4 Å². The van der Waals surface area contributed by atoms with Crippen LogP contribution in [-0.2, 0) is 31.4 Å². The van der Waals surface area contributed by atoms with Gasteiger partial charge in [0.05, 0.1) is 38.3 Å². The molecule has 0 fully saturated rings. The SMILES string of the molecule is CC(C)Oc1ccc(S(=O)(=O)Nc2cc(C(F)(F)CCC(C)(C)c3ccc(S(=O)(=O)Nc4cc(C(N)=O)nn4-c4cccc5ncccc45)cc3)nn2-c2cccc3ncccc23)cc1. The van der Waals surface area contributed by atoms with Gasteiger partial charge in [-0.2, -0.15) is 19.0 Å². The Morgan fingerprint density at radius 1 is 0.692 bits per heavy atom. The number of sulfonamides is 2. The van der Waals surface area contributed by atoms with E-state index in [0.717, 1.165) is 10.7 Å². The molecule has 0 unspecified atom stereocenters. The van der Waals surface area contributed by atoms with Gasteiger partial charge in [-0.15, -0.1) is 0 Å². The summed E-state index contributed by atoms with van der Waals surface area (Å²) in [6, 6.07) is 31.0. The summed E-state index contributed by atoms with van der Waals surface area (Å²) in [6.45, 7) is 7.19. The second kappa shape index (κ2) is 17.0. The molecule has 19 heteroatoms. The van der Waals surface area contributed by atoms with Crippen LogP contribution in [0.4, 0.5) is 20.4 Å². The summed E-state index contributed by atoms with van der Waals surface area (Å²) in [5.41, 5.74) is 6.28. The molecule has 4 aromatic carbocycles. The molecule has 0 saturated carbocycles. The Morgan fingerprint density at radius 2 is 1.20 bits per heavy atom. The number of anilines is 2. The van der Waals surface area contributed by atoms with Gasteiger partial charge in [-0.3, -0.25) is 24.2 Å². The normalized spacial score (nSPS) is 12.5. The number of ether oxygens (including phenoxy) is 1. The van der Waals surface area contributed by atoms with E-state index in [-0.39, 0.29) is 39.6 Å². The Morgan fingerprint density at radius 3 is 1.72 bits per heavy atom. The number of fused-ring (bicyclic) bond motifs is 2. The Bertz CT molecular complexity index is 3290. The van der Waals surface area contributed by atoms with Crippen molar-refractivity contribution in [3.8, 4) is 17.1 Å². The van der Waals surface area contributed by atoms with Crippen LogP contribution in [0.15, 0.2) is 144 Å². The maximum Gasteiger partial charge on any atom is 0.291 e. The number of hydrogen-bond donors (Lipinski definition) is 3. The second-order valence-corrected chi connectivity index (χ2v) is 19.5. The zero-order valence-electron chi connectivity index (χ0n) is 35.5. The summed E-state index contributed by atoms with van der Waals surface area (Å²) in [5.74, 6) is -4.22. The third kappa shape index (κ3) is 9.23.